The summed E-state index contributed by atoms with van der Waals surface area (Å²) in [5.41, 5.74) is 2.55. The van der Waals surface area contributed by atoms with Gasteiger partial charge in [0.05, 0.1) is 0 Å². The van der Waals surface area contributed by atoms with Gasteiger partial charge in [-0.05, 0) is 36.1 Å². The fourth-order valence-corrected chi connectivity index (χ4v) is 2.35. The van der Waals surface area contributed by atoms with E-state index in [-0.39, 0.29) is 0 Å². The fraction of sp³-hybridized carbons (Fsp3) is 0.364. The van der Waals surface area contributed by atoms with Crippen LogP contribution in [0.3, 0.4) is 0 Å². The molecule has 0 N–H and O–H groups in total. The molecule has 1 saturated carbocycles. The summed E-state index contributed by atoms with van der Waals surface area (Å²) in [6.45, 7) is 2.08. The van der Waals surface area contributed by atoms with Crippen LogP contribution in [0, 0.1) is 6.92 Å². The molecule has 0 unspecified atom stereocenters. The van der Waals surface area contributed by atoms with Crippen LogP contribution >= 0.6 is 15.9 Å². The topological polar surface area (TPSA) is 17.1 Å². The molecule has 1 aromatic rings. The Hall–Kier alpha value is -0.630. The summed E-state index contributed by atoms with van der Waals surface area (Å²) in [5, 5.41) is 0. The van der Waals surface area contributed by atoms with E-state index in [1.165, 1.54) is 11.1 Å². The maximum atomic E-state index is 10.8. The molecule has 0 heterocycles. The number of benzene rings is 1. The van der Waals surface area contributed by atoms with Crippen molar-refractivity contribution in [1.29, 1.82) is 0 Å². The lowest BCUT2D eigenvalue weighted by Gasteiger charge is -2.24. The molecule has 1 fully saturated rings. The highest BCUT2D eigenvalue weighted by atomic mass is 79.9. The van der Waals surface area contributed by atoms with Crippen LogP contribution in [0.4, 0.5) is 0 Å². The van der Waals surface area contributed by atoms with Gasteiger partial charge in [-0.15, -0.1) is 0 Å². The molecule has 0 amide bonds. The molecule has 1 nitrogen and oxygen atoms in total. The average Bonchev–Trinajstić information content (AvgIpc) is 1.96. The van der Waals surface area contributed by atoms with Crippen molar-refractivity contribution in [2.75, 3.05) is 0 Å². The van der Waals surface area contributed by atoms with Gasteiger partial charge in [0.2, 0.25) is 0 Å². The van der Waals surface area contributed by atoms with E-state index in [4.69, 9.17) is 0 Å². The number of hydrogen-bond acceptors (Lipinski definition) is 1. The lowest BCUT2D eigenvalue weighted by Crippen LogP contribution is -2.21. The SMILES string of the molecule is Cc1cc(Br)cc(C2CC(=O)C2)c1. The zero-order valence-corrected chi connectivity index (χ0v) is 9.10. The third kappa shape index (κ3) is 1.83. The third-order valence-corrected chi connectivity index (χ3v) is 2.94. The molecule has 1 aliphatic carbocycles. The molecule has 0 saturated heterocycles. The van der Waals surface area contributed by atoms with Crippen LogP contribution in [-0.4, -0.2) is 5.78 Å². The number of halogens is 1. The molecule has 68 valence electrons. The molecule has 0 spiro atoms. The van der Waals surface area contributed by atoms with E-state index >= 15 is 0 Å². The second-order valence-corrected chi connectivity index (χ2v) is 4.62. The van der Waals surface area contributed by atoms with Crippen molar-refractivity contribution >= 4 is 21.7 Å². The minimum Gasteiger partial charge on any atom is -0.300 e. The van der Waals surface area contributed by atoms with E-state index in [1.807, 2.05) is 0 Å². The average molecular weight is 239 g/mol. The summed E-state index contributed by atoms with van der Waals surface area (Å²) in [4.78, 5) is 10.8. The predicted octanol–water partition coefficient (Wildman–Crippen LogP) is 3.20. The lowest BCUT2D eigenvalue weighted by molar-refractivity contribution is -0.124. The monoisotopic (exact) mass is 238 g/mol. The van der Waals surface area contributed by atoms with Crippen molar-refractivity contribution in [2.45, 2.75) is 25.7 Å². The molecule has 0 aromatic heterocycles. The summed E-state index contributed by atoms with van der Waals surface area (Å²) in [6, 6.07) is 6.37. The van der Waals surface area contributed by atoms with Gasteiger partial charge >= 0.3 is 0 Å². The summed E-state index contributed by atoms with van der Waals surface area (Å²) in [7, 11) is 0. The largest absolute Gasteiger partial charge is 0.300 e. The van der Waals surface area contributed by atoms with Crippen molar-refractivity contribution < 1.29 is 4.79 Å². The standard InChI is InChI=1S/C11H11BrO/c1-7-2-8(4-10(12)3-7)9-5-11(13)6-9/h2-4,9H,5-6H2,1H3. The number of carbonyl (C=O) groups excluding carboxylic acids is 1. The predicted molar refractivity (Wildman–Crippen MR) is 55.9 cm³/mol. The van der Waals surface area contributed by atoms with Crippen molar-refractivity contribution in [3.05, 3.63) is 33.8 Å². The fourth-order valence-electron chi connectivity index (χ4n) is 1.73. The van der Waals surface area contributed by atoms with Gasteiger partial charge in [-0.1, -0.05) is 22.0 Å². The Balaban J connectivity index is 2.25. The molecule has 2 rings (SSSR count). The third-order valence-electron chi connectivity index (χ3n) is 2.48. The van der Waals surface area contributed by atoms with E-state index in [0.29, 0.717) is 11.7 Å². The Bertz CT molecular complexity index is 329. The Morgan fingerprint density at radius 2 is 2.00 bits per heavy atom. The first-order chi connectivity index (χ1) is 6.15. The van der Waals surface area contributed by atoms with Crippen LogP contribution in [0.2, 0.25) is 0 Å². The van der Waals surface area contributed by atoms with Gasteiger partial charge < -0.3 is 0 Å². The van der Waals surface area contributed by atoms with E-state index in [2.05, 4.69) is 41.1 Å². The van der Waals surface area contributed by atoms with Gasteiger partial charge in [0.25, 0.3) is 0 Å². The summed E-state index contributed by atoms with van der Waals surface area (Å²) < 4.78 is 1.11. The number of carbonyl (C=O) groups is 1. The Labute approximate surface area is 86.3 Å². The minimum absolute atomic E-state index is 0.391. The van der Waals surface area contributed by atoms with Crippen molar-refractivity contribution in [3.8, 4) is 0 Å². The molecule has 2 heteroatoms. The van der Waals surface area contributed by atoms with Crippen LogP contribution in [0.1, 0.15) is 29.9 Å². The highest BCUT2D eigenvalue weighted by molar-refractivity contribution is 9.10. The zero-order chi connectivity index (χ0) is 9.42. The lowest BCUT2D eigenvalue weighted by atomic mass is 9.78. The van der Waals surface area contributed by atoms with Gasteiger partial charge in [-0.2, -0.15) is 0 Å². The molecule has 1 aromatic carbocycles. The molecule has 1 aliphatic rings. The number of rotatable bonds is 1. The normalized spacial score (nSPS) is 17.2. The number of aryl methyl sites for hydroxylation is 1. The van der Waals surface area contributed by atoms with E-state index in [9.17, 15) is 4.79 Å². The van der Waals surface area contributed by atoms with E-state index < -0.39 is 0 Å². The van der Waals surface area contributed by atoms with Crippen molar-refractivity contribution in [1.82, 2.24) is 0 Å². The van der Waals surface area contributed by atoms with Crippen molar-refractivity contribution in [3.63, 3.8) is 0 Å². The zero-order valence-electron chi connectivity index (χ0n) is 7.51. The Kier molecular flexibility index (Phi) is 2.24. The highest BCUT2D eigenvalue weighted by Gasteiger charge is 2.27. The van der Waals surface area contributed by atoms with Crippen LogP contribution in [0.25, 0.3) is 0 Å². The number of Topliss-reactive ketones (excluding diaryl/α,β-unsaturated/α-hetero) is 1. The molecular weight excluding hydrogens is 228 g/mol. The van der Waals surface area contributed by atoms with E-state index in [0.717, 1.165) is 17.3 Å². The summed E-state index contributed by atoms with van der Waals surface area (Å²) in [5.74, 6) is 0.867. The second kappa shape index (κ2) is 3.26. The van der Waals surface area contributed by atoms with Crippen LogP contribution < -0.4 is 0 Å². The first-order valence-electron chi connectivity index (χ1n) is 4.44. The Morgan fingerprint density at radius 1 is 1.31 bits per heavy atom. The number of hydrogen-bond donors (Lipinski definition) is 0. The maximum absolute atomic E-state index is 10.8. The van der Waals surface area contributed by atoms with Crippen LogP contribution in [0.15, 0.2) is 22.7 Å². The smallest absolute Gasteiger partial charge is 0.134 e. The molecule has 0 atom stereocenters. The molecule has 0 bridgehead atoms. The van der Waals surface area contributed by atoms with Gasteiger partial charge in [-0.3, -0.25) is 4.79 Å². The first-order valence-corrected chi connectivity index (χ1v) is 5.23. The van der Waals surface area contributed by atoms with Gasteiger partial charge in [-0.25, -0.2) is 0 Å². The second-order valence-electron chi connectivity index (χ2n) is 3.71. The molecule has 13 heavy (non-hydrogen) atoms. The van der Waals surface area contributed by atoms with Crippen LogP contribution in [-0.2, 0) is 4.79 Å². The number of ketones is 1. The summed E-state index contributed by atoms with van der Waals surface area (Å²) in [6.07, 6.45) is 1.46. The summed E-state index contributed by atoms with van der Waals surface area (Å²) >= 11 is 3.46. The van der Waals surface area contributed by atoms with E-state index in [1.54, 1.807) is 0 Å². The molecule has 0 radical (unpaired) electrons. The van der Waals surface area contributed by atoms with Crippen molar-refractivity contribution in [2.24, 2.45) is 0 Å². The molecule has 0 aliphatic heterocycles. The van der Waals surface area contributed by atoms with Gasteiger partial charge in [0.15, 0.2) is 0 Å². The minimum atomic E-state index is 0.391. The van der Waals surface area contributed by atoms with Gasteiger partial charge in [0.1, 0.15) is 5.78 Å². The highest BCUT2D eigenvalue weighted by Crippen LogP contribution is 2.35. The van der Waals surface area contributed by atoms with Crippen LogP contribution in [0.5, 0.6) is 0 Å². The van der Waals surface area contributed by atoms with Gasteiger partial charge in [0, 0.05) is 17.3 Å². The Morgan fingerprint density at radius 3 is 2.54 bits per heavy atom. The quantitative estimate of drug-likeness (QED) is 0.735. The molecular formula is C11H11BrO. The first kappa shape index (κ1) is 8.95. The maximum Gasteiger partial charge on any atom is 0.134 e.